The fourth-order valence-corrected chi connectivity index (χ4v) is 3.15. The van der Waals surface area contributed by atoms with Crippen molar-refractivity contribution in [3.63, 3.8) is 0 Å². The summed E-state index contributed by atoms with van der Waals surface area (Å²) >= 11 is 0. The van der Waals surface area contributed by atoms with Crippen molar-refractivity contribution in [2.45, 2.75) is 58.5 Å². The van der Waals surface area contributed by atoms with E-state index in [0.29, 0.717) is 12.5 Å². The van der Waals surface area contributed by atoms with Crippen molar-refractivity contribution in [1.29, 1.82) is 0 Å². The second kappa shape index (κ2) is 7.77. The molecule has 0 aromatic carbocycles. The molecular weight excluding hydrogens is 278 g/mol. The molecule has 5 nitrogen and oxygen atoms in total. The molecule has 0 radical (unpaired) electrons. The third kappa shape index (κ3) is 4.32. The number of amides is 1. The normalized spacial score (nSPS) is 17.9. The molecule has 0 bridgehead atoms. The summed E-state index contributed by atoms with van der Waals surface area (Å²) in [4.78, 5) is 14.1. The lowest BCUT2D eigenvalue weighted by molar-refractivity contribution is -0.130. The van der Waals surface area contributed by atoms with Crippen molar-refractivity contribution in [1.82, 2.24) is 14.7 Å². The van der Waals surface area contributed by atoms with E-state index >= 15 is 0 Å². The SMILES string of the molecule is Cc1nn(C)c(C)c1CCC(=O)N(C)CCCC1CCCO1. The summed E-state index contributed by atoms with van der Waals surface area (Å²) in [6.07, 6.45) is 6.21. The Bertz CT molecular complexity index is 504. The first-order valence-corrected chi connectivity index (χ1v) is 8.33. The molecule has 0 saturated carbocycles. The molecule has 2 heterocycles. The van der Waals surface area contributed by atoms with E-state index < -0.39 is 0 Å². The third-order valence-electron chi connectivity index (χ3n) is 4.72. The van der Waals surface area contributed by atoms with Crippen LogP contribution in [0.4, 0.5) is 0 Å². The van der Waals surface area contributed by atoms with E-state index in [1.54, 1.807) is 0 Å². The van der Waals surface area contributed by atoms with Crippen molar-refractivity contribution in [3.8, 4) is 0 Å². The first kappa shape index (κ1) is 17.0. The summed E-state index contributed by atoms with van der Waals surface area (Å²) in [5.74, 6) is 0.218. The van der Waals surface area contributed by atoms with Crippen molar-refractivity contribution >= 4 is 5.91 Å². The minimum Gasteiger partial charge on any atom is -0.378 e. The van der Waals surface area contributed by atoms with Crippen LogP contribution in [-0.4, -0.2) is 46.9 Å². The van der Waals surface area contributed by atoms with Gasteiger partial charge in [-0.2, -0.15) is 5.10 Å². The topological polar surface area (TPSA) is 47.4 Å². The number of ether oxygens (including phenoxy) is 1. The molecule has 1 amide bonds. The lowest BCUT2D eigenvalue weighted by Crippen LogP contribution is -2.28. The minimum atomic E-state index is 0.218. The zero-order valence-corrected chi connectivity index (χ0v) is 14.4. The summed E-state index contributed by atoms with van der Waals surface area (Å²) in [6.45, 7) is 5.80. The highest BCUT2D eigenvalue weighted by Crippen LogP contribution is 2.17. The van der Waals surface area contributed by atoms with Gasteiger partial charge in [0, 0.05) is 39.4 Å². The van der Waals surface area contributed by atoms with Crippen LogP contribution >= 0.6 is 0 Å². The number of rotatable bonds is 7. The number of aromatic nitrogens is 2. The Labute approximate surface area is 133 Å². The molecule has 1 aliphatic rings. The Hall–Kier alpha value is -1.36. The third-order valence-corrected chi connectivity index (χ3v) is 4.72. The first-order valence-electron chi connectivity index (χ1n) is 8.33. The second-order valence-electron chi connectivity index (χ2n) is 6.37. The molecule has 2 rings (SSSR count). The van der Waals surface area contributed by atoms with Crippen molar-refractivity contribution in [2.75, 3.05) is 20.2 Å². The Morgan fingerprint density at radius 3 is 2.82 bits per heavy atom. The monoisotopic (exact) mass is 307 g/mol. The van der Waals surface area contributed by atoms with Gasteiger partial charge < -0.3 is 9.64 Å². The number of nitrogens with zero attached hydrogens (tertiary/aromatic N) is 3. The van der Waals surface area contributed by atoms with Gasteiger partial charge in [-0.15, -0.1) is 0 Å². The molecule has 5 heteroatoms. The Balaban J connectivity index is 1.71. The predicted molar refractivity (Wildman–Crippen MR) is 86.8 cm³/mol. The molecule has 1 aromatic heterocycles. The Morgan fingerprint density at radius 1 is 1.45 bits per heavy atom. The molecule has 0 aliphatic carbocycles. The van der Waals surface area contributed by atoms with Gasteiger partial charge in [0.1, 0.15) is 0 Å². The van der Waals surface area contributed by atoms with E-state index in [1.165, 1.54) is 18.4 Å². The number of carbonyl (C=O) groups is 1. The summed E-state index contributed by atoms with van der Waals surface area (Å²) in [5, 5.41) is 4.40. The standard InChI is InChI=1S/C17H29N3O2/c1-13-16(14(2)20(4)18-13)9-10-17(21)19(3)11-5-7-15-8-6-12-22-15/h15H,5-12H2,1-4H3. The van der Waals surface area contributed by atoms with Crippen LogP contribution in [-0.2, 0) is 23.0 Å². The van der Waals surface area contributed by atoms with Crippen LogP contribution in [0.15, 0.2) is 0 Å². The minimum absolute atomic E-state index is 0.218. The van der Waals surface area contributed by atoms with Crippen molar-refractivity contribution in [3.05, 3.63) is 17.0 Å². The highest BCUT2D eigenvalue weighted by Gasteiger charge is 2.17. The second-order valence-corrected chi connectivity index (χ2v) is 6.37. The van der Waals surface area contributed by atoms with Gasteiger partial charge in [0.05, 0.1) is 11.8 Å². The van der Waals surface area contributed by atoms with Crippen LogP contribution in [0.25, 0.3) is 0 Å². The van der Waals surface area contributed by atoms with Gasteiger partial charge in [-0.1, -0.05) is 0 Å². The molecule has 22 heavy (non-hydrogen) atoms. The first-order chi connectivity index (χ1) is 10.5. The summed E-state index contributed by atoms with van der Waals surface area (Å²) in [7, 11) is 3.85. The number of hydrogen-bond donors (Lipinski definition) is 0. The van der Waals surface area contributed by atoms with E-state index in [-0.39, 0.29) is 5.91 Å². The maximum atomic E-state index is 12.2. The zero-order valence-electron chi connectivity index (χ0n) is 14.4. The Morgan fingerprint density at radius 2 is 2.23 bits per heavy atom. The van der Waals surface area contributed by atoms with Crippen LogP contribution in [0, 0.1) is 13.8 Å². The molecule has 1 atom stereocenters. The van der Waals surface area contributed by atoms with Crippen LogP contribution in [0.3, 0.4) is 0 Å². The zero-order chi connectivity index (χ0) is 16.1. The fourth-order valence-electron chi connectivity index (χ4n) is 3.15. The van der Waals surface area contributed by atoms with Gasteiger partial charge in [0.2, 0.25) is 5.91 Å². The maximum Gasteiger partial charge on any atom is 0.222 e. The average Bonchev–Trinajstić information content (AvgIpc) is 3.07. The van der Waals surface area contributed by atoms with E-state index in [4.69, 9.17) is 4.74 Å². The molecular formula is C17H29N3O2. The predicted octanol–water partition coefficient (Wildman–Crippen LogP) is 2.39. The highest BCUT2D eigenvalue weighted by atomic mass is 16.5. The summed E-state index contributed by atoms with van der Waals surface area (Å²) in [6, 6.07) is 0. The lowest BCUT2D eigenvalue weighted by Gasteiger charge is -2.18. The molecule has 1 saturated heterocycles. The van der Waals surface area contributed by atoms with E-state index in [2.05, 4.69) is 12.0 Å². The molecule has 0 N–H and O–H groups in total. The largest absolute Gasteiger partial charge is 0.378 e. The van der Waals surface area contributed by atoms with E-state index in [9.17, 15) is 4.79 Å². The van der Waals surface area contributed by atoms with Gasteiger partial charge in [-0.25, -0.2) is 0 Å². The van der Waals surface area contributed by atoms with Gasteiger partial charge >= 0.3 is 0 Å². The molecule has 1 unspecified atom stereocenters. The van der Waals surface area contributed by atoms with Gasteiger partial charge in [-0.05, 0) is 51.5 Å². The summed E-state index contributed by atoms with van der Waals surface area (Å²) in [5.41, 5.74) is 3.41. The average molecular weight is 307 g/mol. The molecule has 1 aromatic rings. The number of hydrogen-bond acceptors (Lipinski definition) is 3. The maximum absolute atomic E-state index is 12.2. The molecule has 0 spiro atoms. The number of carbonyl (C=O) groups excluding carboxylic acids is 1. The number of aryl methyl sites for hydroxylation is 2. The van der Waals surface area contributed by atoms with Gasteiger partial charge in [0.15, 0.2) is 0 Å². The van der Waals surface area contributed by atoms with E-state index in [1.807, 2.05) is 30.6 Å². The van der Waals surface area contributed by atoms with Crippen LogP contribution < -0.4 is 0 Å². The smallest absolute Gasteiger partial charge is 0.222 e. The fraction of sp³-hybridized carbons (Fsp3) is 0.765. The highest BCUT2D eigenvalue weighted by molar-refractivity contribution is 5.76. The quantitative estimate of drug-likeness (QED) is 0.777. The van der Waals surface area contributed by atoms with Crippen LogP contribution in [0.1, 0.15) is 49.1 Å². The van der Waals surface area contributed by atoms with Crippen LogP contribution in [0.5, 0.6) is 0 Å². The van der Waals surface area contributed by atoms with Crippen LogP contribution in [0.2, 0.25) is 0 Å². The lowest BCUT2D eigenvalue weighted by atomic mass is 10.1. The van der Waals surface area contributed by atoms with E-state index in [0.717, 1.165) is 43.8 Å². The van der Waals surface area contributed by atoms with Gasteiger partial charge in [0.25, 0.3) is 0 Å². The molecule has 1 fully saturated rings. The molecule has 124 valence electrons. The van der Waals surface area contributed by atoms with Gasteiger partial charge in [-0.3, -0.25) is 9.48 Å². The van der Waals surface area contributed by atoms with Crippen molar-refractivity contribution < 1.29 is 9.53 Å². The summed E-state index contributed by atoms with van der Waals surface area (Å²) < 4.78 is 7.51. The Kier molecular flexibility index (Phi) is 6.00. The molecule has 1 aliphatic heterocycles. The van der Waals surface area contributed by atoms with Crippen molar-refractivity contribution in [2.24, 2.45) is 7.05 Å².